The molecule has 200 valence electrons. The molecule has 1 N–H and O–H groups in total. The van der Waals surface area contributed by atoms with Crippen LogP contribution >= 0.6 is 0 Å². The van der Waals surface area contributed by atoms with Crippen LogP contribution in [-0.4, -0.2) is 61.2 Å². The number of alkyl halides is 2. The van der Waals surface area contributed by atoms with E-state index >= 15 is 0 Å². The number of fused-ring (bicyclic) bond motifs is 1. The smallest absolute Gasteiger partial charge is 0.250 e. The van der Waals surface area contributed by atoms with E-state index in [1.165, 1.54) is 6.07 Å². The topological polar surface area (TPSA) is 36.3 Å². The molecule has 8 heteroatoms. The SMILES string of the molecule is CNc1ccc(-c2ccc3c(CCCN4CCC(F)(F)CC4)cn(-c4cccc(N(C)C)c4)c3n2)cc1F. The molecule has 0 bridgehead atoms. The summed E-state index contributed by atoms with van der Waals surface area (Å²) in [6, 6.07) is 17.3. The van der Waals surface area contributed by atoms with Crippen LogP contribution in [0, 0.1) is 5.82 Å². The lowest BCUT2D eigenvalue weighted by atomic mass is 10.0. The largest absolute Gasteiger partial charge is 0.386 e. The molecule has 4 aromatic rings. The lowest BCUT2D eigenvalue weighted by molar-refractivity contribution is -0.0551. The van der Waals surface area contributed by atoms with E-state index in [1.807, 2.05) is 32.3 Å². The number of hydrogen-bond donors (Lipinski definition) is 1. The first kappa shape index (κ1) is 26.1. The summed E-state index contributed by atoms with van der Waals surface area (Å²) in [7, 11) is 5.71. The fraction of sp³-hybridized carbons (Fsp3) is 0.367. The van der Waals surface area contributed by atoms with E-state index in [0.29, 0.717) is 30.0 Å². The van der Waals surface area contributed by atoms with Gasteiger partial charge in [0.15, 0.2) is 0 Å². The molecule has 1 aliphatic rings. The second-order valence-corrected chi connectivity index (χ2v) is 10.3. The molecule has 0 saturated carbocycles. The van der Waals surface area contributed by atoms with Gasteiger partial charge < -0.3 is 19.7 Å². The number of benzene rings is 2. The highest BCUT2D eigenvalue weighted by Gasteiger charge is 2.33. The third kappa shape index (κ3) is 5.50. The monoisotopic (exact) mass is 521 g/mol. The minimum Gasteiger partial charge on any atom is -0.386 e. The molecule has 0 spiro atoms. The Labute approximate surface area is 221 Å². The first-order chi connectivity index (χ1) is 18.2. The van der Waals surface area contributed by atoms with E-state index in [2.05, 4.69) is 50.1 Å². The molecule has 0 atom stereocenters. The molecule has 0 radical (unpaired) electrons. The van der Waals surface area contributed by atoms with Crippen molar-refractivity contribution in [2.45, 2.75) is 31.6 Å². The van der Waals surface area contributed by atoms with Crippen molar-refractivity contribution in [3.63, 3.8) is 0 Å². The Kier molecular flexibility index (Phi) is 7.34. The van der Waals surface area contributed by atoms with Crippen molar-refractivity contribution >= 4 is 22.4 Å². The lowest BCUT2D eigenvalue weighted by Gasteiger charge is -2.31. The predicted octanol–water partition coefficient (Wildman–Crippen LogP) is 6.60. The van der Waals surface area contributed by atoms with Gasteiger partial charge in [-0.15, -0.1) is 0 Å². The third-order valence-electron chi connectivity index (χ3n) is 7.40. The molecule has 2 aromatic heterocycles. The molecular formula is C30H34F3N5. The van der Waals surface area contributed by atoms with E-state index in [9.17, 15) is 13.2 Å². The van der Waals surface area contributed by atoms with Gasteiger partial charge in [0.2, 0.25) is 0 Å². The quantitative estimate of drug-likeness (QED) is 0.283. The molecule has 0 unspecified atom stereocenters. The van der Waals surface area contributed by atoms with E-state index in [0.717, 1.165) is 47.4 Å². The van der Waals surface area contributed by atoms with Crippen LogP contribution in [0.1, 0.15) is 24.8 Å². The highest BCUT2D eigenvalue weighted by molar-refractivity contribution is 5.85. The Balaban J connectivity index is 1.48. The summed E-state index contributed by atoms with van der Waals surface area (Å²) in [4.78, 5) is 9.19. The maximum absolute atomic E-state index is 14.5. The summed E-state index contributed by atoms with van der Waals surface area (Å²) in [5, 5.41) is 3.90. The van der Waals surface area contributed by atoms with Crippen LogP contribution in [0.4, 0.5) is 24.5 Å². The predicted molar refractivity (Wildman–Crippen MR) is 149 cm³/mol. The molecule has 1 aliphatic heterocycles. The van der Waals surface area contributed by atoms with Gasteiger partial charge in [-0.3, -0.25) is 0 Å². The zero-order chi connectivity index (χ0) is 26.9. The van der Waals surface area contributed by atoms with Crippen molar-refractivity contribution in [2.24, 2.45) is 0 Å². The Morgan fingerprint density at radius 3 is 2.53 bits per heavy atom. The average Bonchev–Trinajstić information content (AvgIpc) is 3.27. The van der Waals surface area contributed by atoms with Gasteiger partial charge in [-0.1, -0.05) is 12.1 Å². The van der Waals surface area contributed by atoms with Gasteiger partial charge in [0.05, 0.1) is 11.4 Å². The molecule has 1 saturated heterocycles. The standard InChI is InChI=1S/C30H34F3N5/c1-34-28-11-9-21(18-26(28)31)27-12-10-25-22(6-5-15-37-16-13-30(32,33)14-17-37)20-38(29(25)35-27)24-8-4-7-23(19-24)36(2)3/h4,7-12,18-20,34H,5-6,13-17H2,1-3H3. The van der Waals surface area contributed by atoms with Gasteiger partial charge in [0.25, 0.3) is 5.92 Å². The van der Waals surface area contributed by atoms with Gasteiger partial charge in [0.1, 0.15) is 11.5 Å². The normalized spacial score (nSPS) is 15.6. The number of likely N-dealkylation sites (tertiary alicyclic amines) is 1. The summed E-state index contributed by atoms with van der Waals surface area (Å²) in [5.41, 5.74) is 5.89. The number of aromatic nitrogens is 2. The first-order valence-corrected chi connectivity index (χ1v) is 13.1. The van der Waals surface area contributed by atoms with Crippen molar-refractivity contribution in [2.75, 3.05) is 51.0 Å². The van der Waals surface area contributed by atoms with Gasteiger partial charge in [-0.25, -0.2) is 18.2 Å². The van der Waals surface area contributed by atoms with Crippen LogP contribution in [0.3, 0.4) is 0 Å². The van der Waals surface area contributed by atoms with E-state index in [-0.39, 0.29) is 18.7 Å². The van der Waals surface area contributed by atoms with Gasteiger partial charge >= 0.3 is 0 Å². The van der Waals surface area contributed by atoms with E-state index < -0.39 is 5.92 Å². The number of nitrogens with one attached hydrogen (secondary N) is 1. The fourth-order valence-corrected chi connectivity index (χ4v) is 5.12. The van der Waals surface area contributed by atoms with Crippen LogP contribution in [0.25, 0.3) is 28.0 Å². The molecule has 38 heavy (non-hydrogen) atoms. The Hall–Kier alpha value is -3.52. The fourth-order valence-electron chi connectivity index (χ4n) is 5.12. The molecule has 5 nitrogen and oxygen atoms in total. The maximum atomic E-state index is 14.5. The summed E-state index contributed by atoms with van der Waals surface area (Å²) < 4.78 is 43.7. The minimum atomic E-state index is -2.52. The molecule has 0 aliphatic carbocycles. The molecule has 0 amide bonds. The Morgan fingerprint density at radius 2 is 1.82 bits per heavy atom. The first-order valence-electron chi connectivity index (χ1n) is 13.1. The van der Waals surface area contributed by atoms with Crippen LogP contribution in [-0.2, 0) is 6.42 Å². The van der Waals surface area contributed by atoms with Crippen LogP contribution in [0.15, 0.2) is 60.8 Å². The van der Waals surface area contributed by atoms with Crippen molar-refractivity contribution < 1.29 is 13.2 Å². The third-order valence-corrected chi connectivity index (χ3v) is 7.40. The van der Waals surface area contributed by atoms with Gasteiger partial charge in [0, 0.05) is 75.6 Å². The highest BCUT2D eigenvalue weighted by Crippen LogP contribution is 2.31. The number of anilines is 2. The number of piperidine rings is 1. The Morgan fingerprint density at radius 1 is 1.03 bits per heavy atom. The lowest BCUT2D eigenvalue weighted by Crippen LogP contribution is -2.39. The number of aryl methyl sites for hydroxylation is 1. The second-order valence-electron chi connectivity index (χ2n) is 10.3. The number of pyridine rings is 1. The summed E-state index contributed by atoms with van der Waals surface area (Å²) in [6.45, 7) is 1.68. The number of halogens is 3. The zero-order valence-electron chi connectivity index (χ0n) is 22.1. The summed E-state index contributed by atoms with van der Waals surface area (Å²) in [5.74, 6) is -2.85. The summed E-state index contributed by atoms with van der Waals surface area (Å²) in [6.07, 6.45) is 3.70. The van der Waals surface area contributed by atoms with Crippen molar-refractivity contribution in [1.29, 1.82) is 0 Å². The molecule has 2 aromatic carbocycles. The van der Waals surface area contributed by atoms with Gasteiger partial charge in [-0.05, 0) is 67.4 Å². The average molecular weight is 522 g/mol. The summed E-state index contributed by atoms with van der Waals surface area (Å²) >= 11 is 0. The molecule has 1 fully saturated rings. The van der Waals surface area contributed by atoms with E-state index in [4.69, 9.17) is 4.98 Å². The Bertz CT molecular complexity index is 1420. The van der Waals surface area contributed by atoms with Crippen LogP contribution < -0.4 is 10.2 Å². The second kappa shape index (κ2) is 10.7. The van der Waals surface area contributed by atoms with Crippen LogP contribution in [0.2, 0.25) is 0 Å². The van der Waals surface area contributed by atoms with Crippen molar-refractivity contribution in [1.82, 2.24) is 14.5 Å². The van der Waals surface area contributed by atoms with Crippen molar-refractivity contribution in [3.05, 3.63) is 72.2 Å². The maximum Gasteiger partial charge on any atom is 0.250 e. The van der Waals surface area contributed by atoms with Crippen molar-refractivity contribution in [3.8, 4) is 16.9 Å². The molecular weight excluding hydrogens is 487 g/mol. The highest BCUT2D eigenvalue weighted by atomic mass is 19.3. The molecule has 5 rings (SSSR count). The van der Waals surface area contributed by atoms with Crippen LogP contribution in [0.5, 0.6) is 0 Å². The number of nitrogens with zero attached hydrogens (tertiary/aromatic N) is 4. The zero-order valence-corrected chi connectivity index (χ0v) is 22.1. The van der Waals surface area contributed by atoms with E-state index in [1.54, 1.807) is 13.1 Å². The number of rotatable bonds is 8. The van der Waals surface area contributed by atoms with Gasteiger partial charge in [-0.2, -0.15) is 0 Å². The number of hydrogen-bond acceptors (Lipinski definition) is 4. The minimum absolute atomic E-state index is 0.0584. The molecule has 3 heterocycles.